The summed E-state index contributed by atoms with van der Waals surface area (Å²) in [7, 11) is 0. The maximum Gasteiger partial charge on any atom is 0.321 e. The largest absolute Gasteiger partial charge is 0.338 e. The lowest BCUT2D eigenvalue weighted by Crippen LogP contribution is -2.31. The fourth-order valence-corrected chi connectivity index (χ4v) is 3.36. The van der Waals surface area contributed by atoms with Gasteiger partial charge in [0.05, 0.1) is 0 Å². The van der Waals surface area contributed by atoms with E-state index in [0.717, 1.165) is 12.8 Å². The van der Waals surface area contributed by atoms with Crippen LogP contribution in [0.2, 0.25) is 0 Å². The van der Waals surface area contributed by atoms with Gasteiger partial charge in [0.1, 0.15) is 0 Å². The van der Waals surface area contributed by atoms with Gasteiger partial charge in [-0.15, -0.1) is 0 Å². The van der Waals surface area contributed by atoms with Gasteiger partial charge < -0.3 is 5.32 Å². The first-order chi connectivity index (χ1) is 14.6. The minimum absolute atomic E-state index is 0.179. The second kappa shape index (κ2) is 17.7. The number of allylic oxidation sites excluding steroid dienone is 2. The van der Waals surface area contributed by atoms with Crippen molar-refractivity contribution in [3.05, 3.63) is 34.3 Å². The van der Waals surface area contributed by atoms with E-state index in [1.807, 2.05) is 0 Å². The highest BCUT2D eigenvalue weighted by Crippen LogP contribution is 2.09. The maximum atomic E-state index is 11.8. The summed E-state index contributed by atoms with van der Waals surface area (Å²) >= 11 is 0. The molecule has 0 unspecified atom stereocenters. The third-order valence-electron chi connectivity index (χ3n) is 5.08. The number of urea groups is 1. The van der Waals surface area contributed by atoms with Crippen molar-refractivity contribution < 1.29 is 4.79 Å². The second-order valence-electron chi connectivity index (χ2n) is 8.05. The third-order valence-corrected chi connectivity index (χ3v) is 5.08. The highest BCUT2D eigenvalue weighted by molar-refractivity contribution is 5.87. The zero-order chi connectivity index (χ0) is 21.9. The topological polar surface area (TPSA) is 86.9 Å². The van der Waals surface area contributed by atoms with E-state index < -0.39 is 0 Å². The van der Waals surface area contributed by atoms with Crippen molar-refractivity contribution >= 4 is 12.0 Å². The normalized spacial score (nSPS) is 11.1. The van der Waals surface area contributed by atoms with Gasteiger partial charge in [0.2, 0.25) is 5.95 Å². The lowest BCUT2D eigenvalue weighted by Gasteiger charge is -2.07. The molecule has 6 heteroatoms. The van der Waals surface area contributed by atoms with Gasteiger partial charge in [-0.25, -0.2) is 9.78 Å². The number of H-pyrrole nitrogens is 1. The zero-order valence-electron chi connectivity index (χ0n) is 19.1. The number of nitrogens with one attached hydrogen (secondary N) is 3. The fraction of sp³-hybridized carbons (Fsp3) is 0.708. The van der Waals surface area contributed by atoms with Crippen molar-refractivity contribution in [1.29, 1.82) is 0 Å². The Morgan fingerprint density at radius 2 is 1.50 bits per heavy atom. The van der Waals surface area contributed by atoms with E-state index in [2.05, 4.69) is 39.7 Å². The highest BCUT2D eigenvalue weighted by atomic mass is 16.2. The summed E-state index contributed by atoms with van der Waals surface area (Å²) in [4.78, 5) is 29.7. The average Bonchev–Trinajstić information content (AvgIpc) is 2.69. The van der Waals surface area contributed by atoms with Crippen LogP contribution in [0.3, 0.4) is 0 Å². The van der Waals surface area contributed by atoms with Crippen LogP contribution in [0.4, 0.5) is 10.7 Å². The zero-order valence-corrected chi connectivity index (χ0v) is 19.1. The number of unbranched alkanes of at least 4 members (excludes halogenated alkanes) is 12. The molecule has 0 atom stereocenters. The van der Waals surface area contributed by atoms with Crippen LogP contribution in [-0.4, -0.2) is 22.5 Å². The van der Waals surface area contributed by atoms with Crippen LogP contribution in [0.5, 0.6) is 0 Å². The molecule has 30 heavy (non-hydrogen) atoms. The number of aryl methyl sites for hydroxylation is 1. The fourth-order valence-electron chi connectivity index (χ4n) is 3.36. The van der Waals surface area contributed by atoms with Crippen molar-refractivity contribution in [1.82, 2.24) is 15.3 Å². The first-order valence-electron chi connectivity index (χ1n) is 11.9. The summed E-state index contributed by atoms with van der Waals surface area (Å²) in [5, 5.41) is 5.35. The van der Waals surface area contributed by atoms with Crippen LogP contribution in [0.25, 0.3) is 0 Å². The Morgan fingerprint density at radius 3 is 2.10 bits per heavy atom. The first-order valence-corrected chi connectivity index (χ1v) is 11.9. The predicted molar refractivity (Wildman–Crippen MR) is 126 cm³/mol. The van der Waals surface area contributed by atoms with Crippen LogP contribution in [0, 0.1) is 6.92 Å². The van der Waals surface area contributed by atoms with E-state index in [1.54, 1.807) is 6.92 Å². The molecule has 0 fully saturated rings. The molecule has 6 nitrogen and oxygen atoms in total. The number of rotatable bonds is 17. The molecular formula is C24H42N4O2. The third kappa shape index (κ3) is 14.8. The minimum Gasteiger partial charge on any atom is -0.338 e. The number of hydrogen-bond donors (Lipinski definition) is 3. The van der Waals surface area contributed by atoms with Crippen molar-refractivity contribution in [2.75, 3.05) is 11.9 Å². The molecule has 0 saturated heterocycles. The molecule has 0 aromatic carbocycles. The number of amides is 2. The lowest BCUT2D eigenvalue weighted by atomic mass is 10.1. The summed E-state index contributed by atoms with van der Waals surface area (Å²) in [5.74, 6) is 0.179. The number of aromatic amines is 1. The number of anilines is 1. The molecule has 0 bridgehead atoms. The molecular weight excluding hydrogens is 376 g/mol. The molecule has 0 aliphatic carbocycles. The Balaban J connectivity index is 1.87. The summed E-state index contributed by atoms with van der Waals surface area (Å²) in [5.41, 5.74) is 0.299. The van der Waals surface area contributed by atoms with E-state index in [0.29, 0.717) is 12.2 Å². The molecule has 1 aromatic rings. The van der Waals surface area contributed by atoms with Crippen LogP contribution in [0.1, 0.15) is 103 Å². The molecule has 0 radical (unpaired) electrons. The van der Waals surface area contributed by atoms with Crippen LogP contribution in [-0.2, 0) is 0 Å². The molecule has 0 saturated carbocycles. The van der Waals surface area contributed by atoms with Crippen LogP contribution in [0.15, 0.2) is 23.0 Å². The van der Waals surface area contributed by atoms with E-state index in [-0.39, 0.29) is 17.5 Å². The van der Waals surface area contributed by atoms with E-state index in [1.165, 1.54) is 83.1 Å². The Kier molecular flexibility index (Phi) is 15.3. The Bertz CT molecular complexity index is 655. The highest BCUT2D eigenvalue weighted by Gasteiger charge is 2.03. The first kappa shape index (κ1) is 25.9. The Hall–Kier alpha value is -2.11. The Morgan fingerprint density at radius 1 is 0.933 bits per heavy atom. The SMILES string of the molecule is CCCCCCCCC=CCCCCCCCCNC(=O)Nc1nc(C)cc(=O)[nH]1. The van der Waals surface area contributed by atoms with Gasteiger partial charge in [-0.2, -0.15) is 0 Å². The molecule has 1 aromatic heterocycles. The van der Waals surface area contributed by atoms with Gasteiger partial charge in [0.15, 0.2) is 0 Å². The summed E-state index contributed by atoms with van der Waals surface area (Å²) in [6.07, 6.45) is 22.5. The monoisotopic (exact) mass is 418 g/mol. The molecule has 170 valence electrons. The van der Waals surface area contributed by atoms with Crippen LogP contribution < -0.4 is 16.2 Å². The number of carbonyl (C=O) groups excluding carboxylic acids is 1. The number of carbonyl (C=O) groups is 1. The van der Waals surface area contributed by atoms with Gasteiger partial charge in [-0.05, 0) is 39.0 Å². The standard InChI is InChI=1S/C24H42N4O2/c1-3-4-5-6-7-8-9-10-11-12-13-14-15-16-17-18-19-25-24(30)28-23-26-21(2)20-22(29)27-23/h10-11,20H,3-9,12-19H2,1-2H3,(H3,25,26,27,28,29,30). The average molecular weight is 419 g/mol. The molecule has 2 amide bonds. The van der Waals surface area contributed by atoms with Crippen LogP contribution >= 0.6 is 0 Å². The molecule has 0 aliphatic rings. The van der Waals surface area contributed by atoms with Gasteiger partial charge in [-0.1, -0.05) is 76.9 Å². The smallest absolute Gasteiger partial charge is 0.321 e. The minimum atomic E-state index is -0.337. The molecule has 3 N–H and O–H groups in total. The number of nitrogens with zero attached hydrogens (tertiary/aromatic N) is 1. The lowest BCUT2D eigenvalue weighted by molar-refractivity contribution is 0.251. The molecule has 1 rings (SSSR count). The molecule has 0 aliphatic heterocycles. The van der Waals surface area contributed by atoms with Crippen molar-refractivity contribution in [3.8, 4) is 0 Å². The van der Waals surface area contributed by atoms with Crippen molar-refractivity contribution in [2.45, 2.75) is 104 Å². The summed E-state index contributed by atoms with van der Waals surface area (Å²) in [6.45, 7) is 4.60. The number of aromatic nitrogens is 2. The second-order valence-corrected chi connectivity index (χ2v) is 8.05. The summed E-state index contributed by atoms with van der Waals surface area (Å²) < 4.78 is 0. The van der Waals surface area contributed by atoms with Gasteiger partial charge >= 0.3 is 6.03 Å². The van der Waals surface area contributed by atoms with Gasteiger partial charge in [0.25, 0.3) is 5.56 Å². The number of hydrogen-bond acceptors (Lipinski definition) is 3. The quantitative estimate of drug-likeness (QED) is 0.207. The molecule has 0 spiro atoms. The maximum absolute atomic E-state index is 11.8. The van der Waals surface area contributed by atoms with Gasteiger partial charge in [0, 0.05) is 18.3 Å². The van der Waals surface area contributed by atoms with Crippen molar-refractivity contribution in [3.63, 3.8) is 0 Å². The van der Waals surface area contributed by atoms with Gasteiger partial charge in [-0.3, -0.25) is 15.1 Å². The summed E-state index contributed by atoms with van der Waals surface area (Å²) in [6, 6.07) is 1.05. The van der Waals surface area contributed by atoms with Crippen molar-refractivity contribution in [2.24, 2.45) is 0 Å². The Labute approximate surface area is 182 Å². The van der Waals surface area contributed by atoms with E-state index in [4.69, 9.17) is 0 Å². The molecule has 1 heterocycles. The predicted octanol–water partition coefficient (Wildman–Crippen LogP) is 6.24. The van der Waals surface area contributed by atoms with E-state index in [9.17, 15) is 9.59 Å². The van der Waals surface area contributed by atoms with E-state index >= 15 is 0 Å².